The predicted molar refractivity (Wildman–Crippen MR) is 175 cm³/mol. The number of alkyl halides is 3. The molecule has 0 unspecified atom stereocenters. The summed E-state index contributed by atoms with van der Waals surface area (Å²) in [5, 5.41) is 9.50. The normalized spacial score (nSPS) is 16.4. The predicted octanol–water partition coefficient (Wildman–Crippen LogP) is 6.04. The van der Waals surface area contributed by atoms with E-state index in [0.29, 0.717) is 35.7 Å². The highest BCUT2D eigenvalue weighted by atomic mass is 79.9. The number of carbonyl (C=O) groups excluding carboxylic acids is 1. The summed E-state index contributed by atoms with van der Waals surface area (Å²) in [5.41, 5.74) is 4.91. The number of nitrogens with zero attached hydrogens (tertiary/aromatic N) is 7. The number of fused-ring (bicyclic) bond motifs is 3. The number of aromatic nitrogens is 5. The zero-order valence-electron chi connectivity index (χ0n) is 25.7. The third-order valence-electron chi connectivity index (χ3n) is 8.88. The lowest BCUT2D eigenvalue weighted by Crippen LogP contribution is -2.46. The van der Waals surface area contributed by atoms with Crippen molar-refractivity contribution in [2.45, 2.75) is 45.5 Å². The Morgan fingerprint density at radius 1 is 1.11 bits per heavy atom. The van der Waals surface area contributed by atoms with E-state index >= 15 is 0 Å². The van der Waals surface area contributed by atoms with Crippen LogP contribution in [-0.4, -0.2) is 53.6 Å². The van der Waals surface area contributed by atoms with Crippen LogP contribution >= 0.6 is 15.9 Å². The van der Waals surface area contributed by atoms with Gasteiger partial charge in [-0.2, -0.15) is 23.4 Å². The number of rotatable bonds is 5. The maximum atomic E-state index is 14.5. The van der Waals surface area contributed by atoms with Crippen LogP contribution in [0, 0.1) is 0 Å². The molecule has 1 atom stereocenters. The summed E-state index contributed by atoms with van der Waals surface area (Å²) in [7, 11) is 1.83. The van der Waals surface area contributed by atoms with E-state index in [1.165, 1.54) is 17.0 Å². The van der Waals surface area contributed by atoms with Crippen LogP contribution in [0.4, 0.5) is 13.2 Å². The van der Waals surface area contributed by atoms with Crippen LogP contribution in [-0.2, 0) is 32.6 Å². The minimum absolute atomic E-state index is 0.0112. The number of aliphatic imine (C=N–C) groups is 1. The molecule has 2 aromatic carbocycles. The van der Waals surface area contributed by atoms with E-state index in [1.54, 1.807) is 26.9 Å². The van der Waals surface area contributed by atoms with Gasteiger partial charge in [0.25, 0.3) is 11.5 Å². The van der Waals surface area contributed by atoms with Crippen molar-refractivity contribution in [2.75, 3.05) is 6.54 Å². The number of carbonyl (C=O) groups is 1. The molecule has 0 N–H and O–H groups in total. The maximum Gasteiger partial charge on any atom is 0.417 e. The van der Waals surface area contributed by atoms with Crippen LogP contribution in [0.15, 0.2) is 80.6 Å². The van der Waals surface area contributed by atoms with Crippen LogP contribution in [0.3, 0.4) is 0 Å². The van der Waals surface area contributed by atoms with E-state index in [9.17, 15) is 22.8 Å². The molecule has 13 heteroatoms. The third-order valence-corrected chi connectivity index (χ3v) is 9.57. The van der Waals surface area contributed by atoms with Crippen LogP contribution in [0.25, 0.3) is 17.0 Å². The fourth-order valence-corrected chi connectivity index (χ4v) is 6.93. The van der Waals surface area contributed by atoms with Gasteiger partial charge in [0.1, 0.15) is 5.65 Å². The minimum Gasteiger partial charge on any atom is -0.330 e. The monoisotopic (exact) mass is 703 g/mol. The first kappa shape index (κ1) is 30.9. The van der Waals surface area contributed by atoms with Crippen molar-refractivity contribution < 1.29 is 18.0 Å². The second kappa shape index (κ2) is 11.5. The van der Waals surface area contributed by atoms with Gasteiger partial charge in [-0.25, -0.2) is 9.08 Å². The molecule has 0 saturated carbocycles. The zero-order valence-corrected chi connectivity index (χ0v) is 27.3. The highest BCUT2D eigenvalue weighted by Crippen LogP contribution is 2.36. The third kappa shape index (κ3) is 5.32. The molecule has 0 aliphatic carbocycles. The van der Waals surface area contributed by atoms with E-state index < -0.39 is 23.7 Å². The Hall–Kier alpha value is -4.78. The summed E-state index contributed by atoms with van der Waals surface area (Å²) in [6.07, 6.45) is -0.425. The number of hydrogen-bond acceptors (Lipinski definition) is 5. The van der Waals surface area contributed by atoms with Gasteiger partial charge in [-0.3, -0.25) is 19.3 Å². The van der Waals surface area contributed by atoms with Gasteiger partial charge in [0.15, 0.2) is 5.82 Å². The molecule has 5 aromatic rings. The molecule has 9 nitrogen and oxygen atoms in total. The van der Waals surface area contributed by atoms with E-state index in [-0.39, 0.29) is 28.6 Å². The molecule has 5 heterocycles. The first-order valence-corrected chi connectivity index (χ1v) is 15.8. The molecule has 2 aliphatic heterocycles. The van der Waals surface area contributed by atoms with Crippen molar-refractivity contribution in [1.29, 1.82) is 0 Å². The second-order valence-corrected chi connectivity index (χ2v) is 12.8. The van der Waals surface area contributed by atoms with Crippen molar-refractivity contribution in [3.05, 3.63) is 120 Å². The summed E-state index contributed by atoms with van der Waals surface area (Å²) >= 11 is 2.95. The summed E-state index contributed by atoms with van der Waals surface area (Å²) in [6.45, 7) is 4.29. The van der Waals surface area contributed by atoms with Crippen molar-refractivity contribution in [3.8, 4) is 5.82 Å². The van der Waals surface area contributed by atoms with E-state index in [1.807, 2.05) is 56.6 Å². The second-order valence-electron chi connectivity index (χ2n) is 12.0. The lowest BCUT2D eigenvalue weighted by atomic mass is 9.98. The van der Waals surface area contributed by atoms with Crippen LogP contribution in [0.2, 0.25) is 0 Å². The number of amides is 1. The molecule has 2 aliphatic rings. The fourth-order valence-electron chi connectivity index (χ4n) is 6.45. The average Bonchev–Trinajstić information content (AvgIpc) is 3.75. The lowest BCUT2D eigenvalue weighted by Gasteiger charge is -2.35. The van der Waals surface area contributed by atoms with Crippen LogP contribution < -0.4 is 5.56 Å². The number of allylic oxidation sites excluding steroid dienone is 1. The van der Waals surface area contributed by atoms with Gasteiger partial charge in [0.2, 0.25) is 0 Å². The van der Waals surface area contributed by atoms with Gasteiger partial charge in [-0.05, 0) is 49.6 Å². The Bertz CT molecular complexity index is 2190. The first-order chi connectivity index (χ1) is 22.4. The van der Waals surface area contributed by atoms with E-state index in [2.05, 4.69) is 20.9 Å². The minimum atomic E-state index is -4.64. The van der Waals surface area contributed by atoms with Crippen molar-refractivity contribution in [1.82, 2.24) is 28.9 Å². The fraction of sp³-hybridized carbons (Fsp3) is 0.265. The molecule has 0 spiro atoms. The molecule has 0 radical (unpaired) electrons. The Kier molecular flexibility index (Phi) is 7.53. The molecule has 0 fully saturated rings. The highest BCUT2D eigenvalue weighted by molar-refractivity contribution is 9.10. The molecule has 3 aromatic heterocycles. The summed E-state index contributed by atoms with van der Waals surface area (Å²) in [4.78, 5) is 34.2. The molecular formula is C34H29BrF3N7O2. The molecule has 0 bridgehead atoms. The van der Waals surface area contributed by atoms with Gasteiger partial charge in [0.05, 0.1) is 36.2 Å². The van der Waals surface area contributed by atoms with Crippen LogP contribution in [0.1, 0.15) is 57.8 Å². The van der Waals surface area contributed by atoms with Gasteiger partial charge in [-0.15, -0.1) is 0 Å². The molecule has 7 rings (SSSR count). The van der Waals surface area contributed by atoms with E-state index in [4.69, 9.17) is 10.2 Å². The Morgan fingerprint density at radius 2 is 1.87 bits per heavy atom. The molecule has 0 saturated heterocycles. The van der Waals surface area contributed by atoms with Crippen LogP contribution in [0.5, 0.6) is 0 Å². The Balaban J connectivity index is 1.38. The quantitative estimate of drug-likeness (QED) is 0.224. The topological polar surface area (TPSA) is 89.8 Å². The number of benzene rings is 2. The maximum absolute atomic E-state index is 14.5. The largest absolute Gasteiger partial charge is 0.417 e. The Morgan fingerprint density at radius 3 is 2.57 bits per heavy atom. The van der Waals surface area contributed by atoms with Gasteiger partial charge < -0.3 is 4.90 Å². The van der Waals surface area contributed by atoms with Gasteiger partial charge in [0, 0.05) is 58.5 Å². The van der Waals surface area contributed by atoms with Gasteiger partial charge in [-0.1, -0.05) is 46.3 Å². The zero-order chi connectivity index (χ0) is 33.2. The lowest BCUT2D eigenvalue weighted by molar-refractivity contribution is -0.138. The molecule has 240 valence electrons. The average molecular weight is 705 g/mol. The molecule has 1 amide bonds. The molecular weight excluding hydrogens is 675 g/mol. The standard InChI is InChI=1S/C34H29BrF3N7O2/c1-19-15-39-17-25(19)28-14-30(41-42(28)3)44-31-23(12-21-7-5-4-6-8-21)16-40-45(31)29-18-43(20(2)11-24(29)33(44)47)32(46)22-9-10-27(35)26(13-22)34(36,37)38/h4-10,13-16,20H,11-12,17-18H2,1-3H3/t20-/m1/s1. The molecule has 47 heavy (non-hydrogen) atoms. The number of hydrogen-bond donors (Lipinski definition) is 0. The first-order valence-electron chi connectivity index (χ1n) is 15.0. The summed E-state index contributed by atoms with van der Waals surface area (Å²) in [6, 6.07) is 14.7. The smallest absolute Gasteiger partial charge is 0.330 e. The van der Waals surface area contributed by atoms with Gasteiger partial charge >= 0.3 is 6.18 Å². The van der Waals surface area contributed by atoms with E-state index in [0.717, 1.165) is 34.0 Å². The highest BCUT2D eigenvalue weighted by Gasteiger charge is 2.37. The summed E-state index contributed by atoms with van der Waals surface area (Å²) < 4.78 is 45.9. The van der Waals surface area contributed by atoms with Crippen molar-refractivity contribution >= 4 is 39.3 Å². The summed E-state index contributed by atoms with van der Waals surface area (Å²) in [5.74, 6) is -0.130. The SMILES string of the molecule is CC1=C(c2cc(-n3c(=O)c4c(n5ncc(Cc6ccccc6)c35)CN(C(=O)c3ccc(Br)c(C(F)(F)F)c3)[C@H](C)C4)nn2C)CN=C1. The number of aryl methyl sites for hydroxylation is 1. The van der Waals surface area contributed by atoms with Crippen molar-refractivity contribution in [2.24, 2.45) is 12.0 Å². The van der Waals surface area contributed by atoms with Crippen molar-refractivity contribution in [3.63, 3.8) is 0 Å². The number of halogens is 4. The Labute approximate surface area is 275 Å².